The molecule has 0 spiro atoms. The van der Waals surface area contributed by atoms with Gasteiger partial charge in [0.05, 0.1) is 13.2 Å². The third-order valence-corrected chi connectivity index (χ3v) is 5.48. The highest BCUT2D eigenvalue weighted by Gasteiger charge is 2.48. The summed E-state index contributed by atoms with van der Waals surface area (Å²) in [7, 11) is -3.84. The van der Waals surface area contributed by atoms with Crippen LogP contribution in [0.5, 0.6) is 0 Å². The molecule has 2 aliphatic heterocycles. The summed E-state index contributed by atoms with van der Waals surface area (Å²) in [4.78, 5) is 29.3. The van der Waals surface area contributed by atoms with Gasteiger partial charge >= 0.3 is 7.82 Å². The van der Waals surface area contributed by atoms with E-state index in [0.717, 1.165) is 0 Å². The smallest absolute Gasteiger partial charge is 0.394 e. The van der Waals surface area contributed by atoms with Crippen LogP contribution in [-0.2, 0) is 37.6 Å². The Morgan fingerprint density at radius 2 is 1.61 bits per heavy atom. The molecule has 0 saturated carbocycles. The van der Waals surface area contributed by atoms with Gasteiger partial charge in [-0.3, -0.25) is 9.32 Å². The van der Waals surface area contributed by atoms with Crippen molar-refractivity contribution in [3.8, 4) is 0 Å². The maximum Gasteiger partial charge on any atom is 0.472 e. The molecular weight excluding hydrogens is 477 g/mol. The Bertz CT molecular complexity index is 676. The number of methoxy groups -OCH3 is 1. The van der Waals surface area contributed by atoms with Crippen LogP contribution >= 0.6 is 7.82 Å². The molecule has 2 saturated heterocycles. The molecule has 0 aromatic carbocycles. The first-order valence-corrected chi connectivity index (χ1v) is 11.3. The molecule has 2 fully saturated rings. The molecule has 1 amide bonds. The van der Waals surface area contributed by atoms with Crippen molar-refractivity contribution in [3.63, 3.8) is 0 Å². The minimum atomic E-state index is -5.10. The largest absolute Gasteiger partial charge is 0.472 e. The molecule has 0 aromatic heterocycles. The summed E-state index contributed by atoms with van der Waals surface area (Å²) in [5.74, 6) is -0.481. The average Bonchev–Trinajstić information content (AvgIpc) is 2.73. The summed E-state index contributed by atoms with van der Waals surface area (Å²) in [6.07, 6.45) is -13.5. The van der Waals surface area contributed by atoms with Crippen LogP contribution in [0.15, 0.2) is 0 Å². The number of amides is 1. The lowest BCUT2D eigenvalue weighted by Gasteiger charge is -2.42. The van der Waals surface area contributed by atoms with Crippen LogP contribution < -0.4 is 5.32 Å². The van der Waals surface area contributed by atoms with Crippen molar-refractivity contribution in [1.29, 1.82) is 0 Å². The van der Waals surface area contributed by atoms with Gasteiger partial charge in [-0.2, -0.15) is 0 Å². The fourth-order valence-electron chi connectivity index (χ4n) is 3.40. The summed E-state index contributed by atoms with van der Waals surface area (Å²) in [6.45, 7) is -0.592. The van der Waals surface area contributed by atoms with Gasteiger partial charge in [-0.25, -0.2) is 4.57 Å². The van der Waals surface area contributed by atoms with Gasteiger partial charge in [0, 0.05) is 14.0 Å². The lowest BCUT2D eigenvalue weighted by Crippen LogP contribution is -2.64. The highest BCUT2D eigenvalue weighted by molar-refractivity contribution is 7.46. The number of nitrogens with one attached hydrogen (secondary N) is 1. The number of hydrogen-bond acceptors (Lipinski definition) is 13. The van der Waals surface area contributed by atoms with Crippen molar-refractivity contribution in [2.75, 3.05) is 27.1 Å². The highest BCUT2D eigenvalue weighted by atomic mass is 31.2. The number of ether oxygens (including phenoxy) is 5. The van der Waals surface area contributed by atoms with Crippen molar-refractivity contribution >= 4 is 13.7 Å². The summed E-state index contributed by atoms with van der Waals surface area (Å²) in [6, 6.07) is -1.05. The summed E-state index contributed by atoms with van der Waals surface area (Å²) in [5, 5.41) is 52.3. The Balaban J connectivity index is 1.94. The molecule has 16 nitrogen and oxygen atoms in total. The van der Waals surface area contributed by atoms with Gasteiger partial charge in [0.15, 0.2) is 12.6 Å². The molecule has 0 aliphatic carbocycles. The minimum absolute atomic E-state index is 0.375. The van der Waals surface area contributed by atoms with E-state index in [4.69, 9.17) is 33.5 Å². The quantitative estimate of drug-likeness (QED) is 0.0789. The van der Waals surface area contributed by atoms with Gasteiger partial charge in [0.25, 0.3) is 0 Å². The molecule has 0 aromatic rings. The van der Waals surface area contributed by atoms with Crippen molar-refractivity contribution in [2.24, 2.45) is 0 Å². The van der Waals surface area contributed by atoms with Crippen molar-refractivity contribution < 1.29 is 72.9 Å². The number of hydrogen-bond donors (Lipinski definition) is 8. The fraction of sp³-hybridized carbons (Fsp3) is 0.938. The monoisotopic (exact) mass is 507 g/mol. The number of carbonyl (C=O) groups is 1. The number of phosphoric acid groups is 1. The molecule has 0 radical (unpaired) electrons. The van der Waals surface area contributed by atoms with Crippen LogP contribution in [0.25, 0.3) is 0 Å². The van der Waals surface area contributed by atoms with Gasteiger partial charge in [-0.15, -0.1) is 0 Å². The first-order valence-electron chi connectivity index (χ1n) is 9.76. The van der Waals surface area contributed by atoms with Crippen molar-refractivity contribution in [3.05, 3.63) is 0 Å². The molecule has 194 valence electrons. The lowest BCUT2D eigenvalue weighted by atomic mass is 9.97. The number of carbonyl (C=O) groups excluding carboxylic acids is 1. The zero-order valence-electron chi connectivity index (χ0n) is 17.7. The molecule has 2 heterocycles. The van der Waals surface area contributed by atoms with E-state index in [-0.39, 0.29) is 6.61 Å². The van der Waals surface area contributed by atoms with E-state index in [1.165, 1.54) is 14.0 Å². The Hall–Kier alpha value is -0.820. The molecule has 0 bridgehead atoms. The molecule has 0 unspecified atom stereocenters. The normalized spacial score (nSPS) is 39.9. The topological polar surface area (TPSA) is 243 Å². The van der Waals surface area contributed by atoms with E-state index in [0.29, 0.717) is 0 Å². The maximum absolute atomic E-state index is 11.3. The van der Waals surface area contributed by atoms with Gasteiger partial charge in [-0.05, 0) is 0 Å². The van der Waals surface area contributed by atoms with Crippen LogP contribution in [0.1, 0.15) is 6.92 Å². The Kier molecular flexibility index (Phi) is 10.5. The van der Waals surface area contributed by atoms with E-state index < -0.39 is 88.5 Å². The first-order chi connectivity index (χ1) is 15.4. The van der Waals surface area contributed by atoms with Gasteiger partial charge < -0.3 is 64.3 Å². The second-order valence-electron chi connectivity index (χ2n) is 7.41. The van der Waals surface area contributed by atoms with Crippen LogP contribution in [0, 0.1) is 0 Å². The van der Waals surface area contributed by atoms with Crippen molar-refractivity contribution in [2.45, 2.75) is 68.3 Å². The predicted octanol–water partition coefficient (Wildman–Crippen LogP) is -4.51. The third kappa shape index (κ3) is 7.58. The molecular formula is C16H30NO15P. The first kappa shape index (κ1) is 28.4. The molecule has 2 aliphatic rings. The zero-order chi connectivity index (χ0) is 24.9. The fourth-order valence-corrected chi connectivity index (χ4v) is 3.84. The predicted molar refractivity (Wildman–Crippen MR) is 102 cm³/mol. The Labute approximate surface area is 188 Å². The molecule has 10 atom stereocenters. The number of phosphoric ester groups is 1. The second-order valence-corrected chi connectivity index (χ2v) is 8.60. The van der Waals surface area contributed by atoms with E-state index in [2.05, 4.69) is 9.84 Å². The minimum Gasteiger partial charge on any atom is -0.394 e. The average molecular weight is 507 g/mol. The van der Waals surface area contributed by atoms with Gasteiger partial charge in [0.2, 0.25) is 5.91 Å². The van der Waals surface area contributed by atoms with Gasteiger partial charge in [-0.1, -0.05) is 0 Å². The lowest BCUT2D eigenvalue weighted by molar-refractivity contribution is -0.307. The van der Waals surface area contributed by atoms with E-state index >= 15 is 0 Å². The molecule has 33 heavy (non-hydrogen) atoms. The van der Waals surface area contributed by atoms with E-state index in [1.807, 2.05) is 0 Å². The molecule has 2 rings (SSSR count). The van der Waals surface area contributed by atoms with E-state index in [1.54, 1.807) is 0 Å². The summed E-state index contributed by atoms with van der Waals surface area (Å²) < 4.78 is 41.6. The number of rotatable bonds is 10. The van der Waals surface area contributed by atoms with Crippen LogP contribution in [0.4, 0.5) is 0 Å². The summed E-state index contributed by atoms with van der Waals surface area (Å²) in [5.41, 5.74) is 0. The molecule has 8 N–H and O–H groups in total. The van der Waals surface area contributed by atoms with E-state index in [9.17, 15) is 34.9 Å². The van der Waals surface area contributed by atoms with Crippen LogP contribution in [-0.4, -0.2) is 130 Å². The zero-order valence-corrected chi connectivity index (χ0v) is 18.6. The second kappa shape index (κ2) is 12.2. The maximum atomic E-state index is 11.3. The number of aliphatic hydroxyl groups excluding tert-OH is 5. The Morgan fingerprint density at radius 3 is 2.15 bits per heavy atom. The van der Waals surface area contributed by atoms with Crippen LogP contribution in [0.2, 0.25) is 0 Å². The molecule has 17 heteroatoms. The van der Waals surface area contributed by atoms with Crippen molar-refractivity contribution in [1.82, 2.24) is 5.32 Å². The third-order valence-electron chi connectivity index (χ3n) is 4.99. The van der Waals surface area contributed by atoms with Crippen LogP contribution in [0.3, 0.4) is 0 Å². The standard InChI is InChI=1S/C16H30NO15P/c1-6(19)17-9-12(22)11(21)8(31-15(9)27-2)4-28-5-29-14-13(23)10(20)7(3-18)30-16(14)32-33(24,25)26/h7-16,18,20-23H,3-5H2,1-2H3,(H,17,19)(H2,24,25,26)/t7-,8-,9-,10+,11-,12-,13+,14-,15-,16-/m1/s1. The summed E-state index contributed by atoms with van der Waals surface area (Å²) >= 11 is 0. The highest BCUT2D eigenvalue weighted by Crippen LogP contribution is 2.41. The van der Waals surface area contributed by atoms with Gasteiger partial charge in [0.1, 0.15) is 55.6 Å². The Morgan fingerprint density at radius 1 is 1.00 bits per heavy atom. The SMILES string of the molecule is CO[C@@H]1O[C@H](COCO[C@H]2[C@@H](OP(=O)(O)O)O[C@H](CO)[C@H](O)[C@@H]2O)[C@@H](O)[C@H](O)[C@H]1NC(C)=O. The number of aliphatic hydroxyl groups is 5.